The third-order valence-corrected chi connectivity index (χ3v) is 6.68. The molecule has 2 aliphatic carbocycles. The van der Waals surface area contributed by atoms with Gasteiger partial charge in [-0.25, -0.2) is 0 Å². The van der Waals surface area contributed by atoms with Crippen molar-refractivity contribution in [2.24, 2.45) is 5.92 Å². The largest absolute Gasteiger partial charge is 0.377 e. The van der Waals surface area contributed by atoms with Crippen molar-refractivity contribution in [1.82, 2.24) is 0 Å². The lowest BCUT2D eigenvalue weighted by molar-refractivity contribution is -0.150. The van der Waals surface area contributed by atoms with Gasteiger partial charge in [-0.2, -0.15) is 5.26 Å². The standard InChI is InChI=1S/C23H23NO2/c1-2-22-14-21(25)23(26,18-6-4-3-5-7-18)13-19(22)10-9-17-12-16(15-24)8-11-20(17)22/h3-8,11-12,19,26H,2,9-10,13-14H2,1H3/t19-,22?,23?/m1/s1. The molecule has 3 nitrogen and oxygen atoms in total. The van der Waals surface area contributed by atoms with Gasteiger partial charge in [-0.15, -0.1) is 0 Å². The van der Waals surface area contributed by atoms with Crippen LogP contribution in [0.25, 0.3) is 0 Å². The molecule has 1 N–H and O–H groups in total. The number of carbonyl (C=O) groups excluding carboxylic acids is 1. The Morgan fingerprint density at radius 2 is 2.00 bits per heavy atom. The first-order valence-corrected chi connectivity index (χ1v) is 9.38. The van der Waals surface area contributed by atoms with Crippen LogP contribution < -0.4 is 0 Å². The number of nitrogens with zero attached hydrogens (tertiary/aromatic N) is 1. The maximum Gasteiger partial charge on any atom is 0.169 e. The molecule has 0 bridgehead atoms. The van der Waals surface area contributed by atoms with Crippen LogP contribution in [-0.2, 0) is 22.2 Å². The predicted octanol–water partition coefficient (Wildman–Crippen LogP) is 4.02. The van der Waals surface area contributed by atoms with Crippen molar-refractivity contribution in [3.63, 3.8) is 0 Å². The van der Waals surface area contributed by atoms with E-state index in [-0.39, 0.29) is 17.1 Å². The van der Waals surface area contributed by atoms with E-state index in [2.05, 4.69) is 13.0 Å². The van der Waals surface area contributed by atoms with E-state index in [1.54, 1.807) is 0 Å². The van der Waals surface area contributed by atoms with E-state index >= 15 is 0 Å². The van der Waals surface area contributed by atoms with Crippen LogP contribution in [0, 0.1) is 17.2 Å². The molecule has 0 aromatic heterocycles. The number of ketones is 1. The molecule has 0 heterocycles. The average Bonchev–Trinajstić information content (AvgIpc) is 2.69. The molecule has 0 aliphatic heterocycles. The first kappa shape index (κ1) is 17.0. The summed E-state index contributed by atoms with van der Waals surface area (Å²) < 4.78 is 0. The Hall–Kier alpha value is -2.44. The Labute approximate surface area is 154 Å². The molecule has 132 valence electrons. The van der Waals surface area contributed by atoms with E-state index in [4.69, 9.17) is 0 Å². The normalized spacial score (nSPS) is 30.2. The maximum absolute atomic E-state index is 13.2. The molecule has 0 spiro atoms. The van der Waals surface area contributed by atoms with Gasteiger partial charge in [0, 0.05) is 11.8 Å². The van der Waals surface area contributed by atoms with E-state index < -0.39 is 5.60 Å². The minimum Gasteiger partial charge on any atom is -0.377 e. The number of rotatable bonds is 2. The van der Waals surface area contributed by atoms with E-state index in [0.717, 1.165) is 19.3 Å². The zero-order valence-corrected chi connectivity index (χ0v) is 15.0. The van der Waals surface area contributed by atoms with Gasteiger partial charge in [0.05, 0.1) is 11.6 Å². The van der Waals surface area contributed by atoms with Crippen LogP contribution in [0.15, 0.2) is 48.5 Å². The molecule has 1 fully saturated rings. The van der Waals surface area contributed by atoms with Gasteiger partial charge in [-0.3, -0.25) is 4.79 Å². The third kappa shape index (κ3) is 2.33. The smallest absolute Gasteiger partial charge is 0.169 e. The van der Waals surface area contributed by atoms with Gasteiger partial charge in [0.15, 0.2) is 5.78 Å². The van der Waals surface area contributed by atoms with Crippen molar-refractivity contribution in [2.75, 3.05) is 0 Å². The first-order chi connectivity index (χ1) is 12.5. The highest BCUT2D eigenvalue weighted by molar-refractivity contribution is 5.90. The van der Waals surface area contributed by atoms with Crippen LogP contribution in [0.4, 0.5) is 0 Å². The van der Waals surface area contributed by atoms with Gasteiger partial charge in [0.25, 0.3) is 0 Å². The van der Waals surface area contributed by atoms with Gasteiger partial charge in [-0.1, -0.05) is 43.3 Å². The molecule has 2 unspecified atom stereocenters. The second kappa shape index (κ2) is 6.07. The molecule has 3 heteroatoms. The molecule has 3 atom stereocenters. The van der Waals surface area contributed by atoms with Gasteiger partial charge in [0.1, 0.15) is 5.60 Å². The Kier molecular flexibility index (Phi) is 3.97. The highest BCUT2D eigenvalue weighted by Crippen LogP contribution is 2.55. The molecule has 26 heavy (non-hydrogen) atoms. The van der Waals surface area contributed by atoms with E-state index in [1.807, 2.05) is 48.5 Å². The minimum atomic E-state index is -1.38. The lowest BCUT2D eigenvalue weighted by Gasteiger charge is -2.52. The summed E-state index contributed by atoms with van der Waals surface area (Å²) in [6, 6.07) is 17.5. The summed E-state index contributed by atoms with van der Waals surface area (Å²) in [5.41, 5.74) is 2.18. The maximum atomic E-state index is 13.2. The SMILES string of the molecule is CCC12CC(=O)C(O)(c3ccccc3)C[C@H]1CCc1cc(C#N)ccc12. The summed E-state index contributed by atoms with van der Waals surface area (Å²) in [6.45, 7) is 2.14. The van der Waals surface area contributed by atoms with Crippen LogP contribution in [0.2, 0.25) is 0 Å². The summed E-state index contributed by atoms with van der Waals surface area (Å²) in [5, 5.41) is 20.5. The molecule has 0 saturated heterocycles. The summed E-state index contributed by atoms with van der Waals surface area (Å²) >= 11 is 0. The highest BCUT2D eigenvalue weighted by atomic mass is 16.3. The van der Waals surface area contributed by atoms with Crippen molar-refractivity contribution >= 4 is 5.78 Å². The summed E-state index contributed by atoms with van der Waals surface area (Å²) in [4.78, 5) is 13.2. The third-order valence-electron chi connectivity index (χ3n) is 6.68. The van der Waals surface area contributed by atoms with Crippen LogP contribution in [-0.4, -0.2) is 10.9 Å². The fraction of sp³-hybridized carbons (Fsp3) is 0.391. The molecule has 4 rings (SSSR count). The van der Waals surface area contributed by atoms with Crippen molar-refractivity contribution in [2.45, 2.75) is 50.0 Å². The quantitative estimate of drug-likeness (QED) is 0.894. The summed E-state index contributed by atoms with van der Waals surface area (Å²) in [7, 11) is 0. The molecule has 0 amide bonds. The second-order valence-corrected chi connectivity index (χ2v) is 7.76. The van der Waals surface area contributed by atoms with Crippen LogP contribution in [0.3, 0.4) is 0 Å². The first-order valence-electron chi connectivity index (χ1n) is 9.38. The molecule has 2 aliphatic rings. The number of aliphatic hydroxyl groups is 1. The number of fused-ring (bicyclic) bond motifs is 3. The number of benzene rings is 2. The summed E-state index contributed by atoms with van der Waals surface area (Å²) in [6.07, 6.45) is 3.54. The van der Waals surface area contributed by atoms with Gasteiger partial charge in [-0.05, 0) is 60.4 Å². The van der Waals surface area contributed by atoms with E-state index in [1.165, 1.54) is 11.1 Å². The van der Waals surface area contributed by atoms with E-state index in [0.29, 0.717) is 24.0 Å². The summed E-state index contributed by atoms with van der Waals surface area (Å²) in [5.74, 6) is 0.176. The van der Waals surface area contributed by atoms with Crippen molar-refractivity contribution in [3.05, 3.63) is 70.8 Å². The lowest BCUT2D eigenvalue weighted by atomic mass is 9.52. The number of aryl methyl sites for hydroxylation is 1. The van der Waals surface area contributed by atoms with Crippen molar-refractivity contribution in [1.29, 1.82) is 5.26 Å². The molecular formula is C23H23NO2. The highest BCUT2D eigenvalue weighted by Gasteiger charge is 2.55. The zero-order chi connectivity index (χ0) is 18.4. The monoisotopic (exact) mass is 345 g/mol. The molecule has 0 radical (unpaired) electrons. The molecular weight excluding hydrogens is 322 g/mol. The lowest BCUT2D eigenvalue weighted by Crippen LogP contribution is -2.54. The van der Waals surface area contributed by atoms with Crippen molar-refractivity contribution < 1.29 is 9.90 Å². The van der Waals surface area contributed by atoms with Gasteiger partial charge < -0.3 is 5.11 Å². The fourth-order valence-electron chi connectivity index (χ4n) is 5.22. The number of hydrogen-bond donors (Lipinski definition) is 1. The zero-order valence-electron chi connectivity index (χ0n) is 15.0. The Morgan fingerprint density at radius 3 is 2.69 bits per heavy atom. The Balaban J connectivity index is 1.79. The Bertz CT molecular complexity index is 898. The van der Waals surface area contributed by atoms with Gasteiger partial charge >= 0.3 is 0 Å². The fourth-order valence-corrected chi connectivity index (χ4v) is 5.22. The number of hydrogen-bond acceptors (Lipinski definition) is 3. The van der Waals surface area contributed by atoms with Crippen LogP contribution >= 0.6 is 0 Å². The topological polar surface area (TPSA) is 61.1 Å². The van der Waals surface area contributed by atoms with Crippen LogP contribution in [0.1, 0.15) is 54.9 Å². The molecule has 1 saturated carbocycles. The molecule has 2 aromatic carbocycles. The minimum absolute atomic E-state index is 0.0843. The molecule has 2 aromatic rings. The van der Waals surface area contributed by atoms with Crippen molar-refractivity contribution in [3.8, 4) is 6.07 Å². The van der Waals surface area contributed by atoms with Crippen LogP contribution in [0.5, 0.6) is 0 Å². The average molecular weight is 345 g/mol. The van der Waals surface area contributed by atoms with E-state index in [9.17, 15) is 15.2 Å². The van der Waals surface area contributed by atoms with Gasteiger partial charge in [0.2, 0.25) is 0 Å². The number of carbonyl (C=O) groups is 1. The Morgan fingerprint density at radius 1 is 1.23 bits per heavy atom. The number of Topliss-reactive ketones (excluding diaryl/α,β-unsaturated/α-hetero) is 1. The number of nitriles is 1. The predicted molar refractivity (Wildman–Crippen MR) is 99.5 cm³/mol. The second-order valence-electron chi connectivity index (χ2n) is 7.76.